The van der Waals surface area contributed by atoms with E-state index in [1.807, 2.05) is 6.07 Å². The topological polar surface area (TPSA) is 63.4 Å². The maximum absolute atomic E-state index is 12.5. The molecule has 0 amide bonds. The monoisotopic (exact) mass is 344 g/mol. The Morgan fingerprint density at radius 3 is 2.29 bits per heavy atom. The summed E-state index contributed by atoms with van der Waals surface area (Å²) >= 11 is 11.7. The van der Waals surface area contributed by atoms with Gasteiger partial charge in [-0.3, -0.25) is 0 Å². The Bertz CT molecular complexity index is 743. The Hall–Kier alpha value is -1.27. The summed E-state index contributed by atoms with van der Waals surface area (Å²) in [6, 6.07) is 11.3. The number of nitrogens with two attached hydrogens (primary N) is 1. The molecule has 0 aliphatic rings. The van der Waals surface area contributed by atoms with Crippen LogP contribution in [0.25, 0.3) is 0 Å². The Balaban J connectivity index is 2.30. The van der Waals surface area contributed by atoms with Crippen LogP contribution < -0.4 is 5.73 Å². The van der Waals surface area contributed by atoms with Crippen LogP contribution in [0.15, 0.2) is 47.4 Å². The second-order valence-electron chi connectivity index (χ2n) is 4.61. The standard InChI is InChI=1S/C14H14Cl2N2O2S/c1-18(9-10-3-2-4-13(17)5-10)21(19,20)14-7-11(15)6-12(16)8-14/h2-8H,9,17H2,1H3. The lowest BCUT2D eigenvalue weighted by molar-refractivity contribution is 0.467. The smallest absolute Gasteiger partial charge is 0.243 e. The van der Waals surface area contributed by atoms with Gasteiger partial charge in [-0.1, -0.05) is 35.3 Å². The van der Waals surface area contributed by atoms with Gasteiger partial charge in [0.1, 0.15) is 0 Å². The van der Waals surface area contributed by atoms with E-state index in [2.05, 4.69) is 0 Å². The van der Waals surface area contributed by atoms with Crippen molar-refractivity contribution in [3.63, 3.8) is 0 Å². The number of anilines is 1. The second kappa shape index (κ2) is 6.23. The SMILES string of the molecule is CN(Cc1cccc(N)c1)S(=O)(=O)c1cc(Cl)cc(Cl)c1. The number of hydrogen-bond donors (Lipinski definition) is 1. The highest BCUT2D eigenvalue weighted by molar-refractivity contribution is 7.89. The summed E-state index contributed by atoms with van der Waals surface area (Å²) < 4.78 is 26.2. The molecular weight excluding hydrogens is 331 g/mol. The van der Waals surface area contributed by atoms with E-state index in [-0.39, 0.29) is 21.5 Å². The van der Waals surface area contributed by atoms with Gasteiger partial charge in [0.2, 0.25) is 10.0 Å². The van der Waals surface area contributed by atoms with E-state index in [0.717, 1.165) is 5.56 Å². The summed E-state index contributed by atoms with van der Waals surface area (Å²) in [4.78, 5) is 0.0615. The van der Waals surface area contributed by atoms with Crippen LogP contribution in [-0.4, -0.2) is 19.8 Å². The molecule has 0 spiro atoms. The van der Waals surface area contributed by atoms with E-state index in [4.69, 9.17) is 28.9 Å². The maximum Gasteiger partial charge on any atom is 0.243 e. The summed E-state index contributed by atoms with van der Waals surface area (Å²) in [6.07, 6.45) is 0. The fraction of sp³-hybridized carbons (Fsp3) is 0.143. The Morgan fingerprint density at radius 1 is 1.10 bits per heavy atom. The second-order valence-corrected chi connectivity index (χ2v) is 7.53. The van der Waals surface area contributed by atoms with Crippen molar-refractivity contribution in [2.24, 2.45) is 0 Å². The predicted molar refractivity (Wildman–Crippen MR) is 86.0 cm³/mol. The van der Waals surface area contributed by atoms with Crippen LogP contribution >= 0.6 is 23.2 Å². The molecule has 2 aromatic carbocycles. The number of sulfonamides is 1. The van der Waals surface area contributed by atoms with Crippen molar-refractivity contribution >= 4 is 38.9 Å². The van der Waals surface area contributed by atoms with Crippen LogP contribution in [0.5, 0.6) is 0 Å². The maximum atomic E-state index is 12.5. The molecule has 0 atom stereocenters. The molecular formula is C14H14Cl2N2O2S. The van der Waals surface area contributed by atoms with Crippen molar-refractivity contribution in [1.29, 1.82) is 0 Å². The molecule has 0 unspecified atom stereocenters. The number of rotatable bonds is 4. The molecule has 2 aromatic rings. The first-order valence-corrected chi connectivity index (χ1v) is 8.25. The number of hydrogen-bond acceptors (Lipinski definition) is 3. The van der Waals surface area contributed by atoms with Gasteiger partial charge < -0.3 is 5.73 Å². The molecule has 2 N–H and O–H groups in total. The van der Waals surface area contributed by atoms with Crippen molar-refractivity contribution in [2.75, 3.05) is 12.8 Å². The van der Waals surface area contributed by atoms with Crippen LogP contribution in [-0.2, 0) is 16.6 Å². The molecule has 4 nitrogen and oxygen atoms in total. The lowest BCUT2D eigenvalue weighted by atomic mass is 10.2. The minimum atomic E-state index is -3.67. The summed E-state index contributed by atoms with van der Waals surface area (Å²) in [5, 5.41) is 0.553. The van der Waals surface area contributed by atoms with Crippen molar-refractivity contribution in [1.82, 2.24) is 4.31 Å². The van der Waals surface area contributed by atoms with Crippen LogP contribution in [0, 0.1) is 0 Å². The molecule has 0 aliphatic heterocycles. The third kappa shape index (κ3) is 3.89. The molecule has 7 heteroatoms. The largest absolute Gasteiger partial charge is 0.399 e. The first kappa shape index (κ1) is 16.1. The van der Waals surface area contributed by atoms with Gasteiger partial charge in [0.05, 0.1) is 4.90 Å². The third-order valence-electron chi connectivity index (χ3n) is 2.90. The molecule has 0 aliphatic carbocycles. The number of halogens is 2. The first-order chi connectivity index (χ1) is 9.79. The molecule has 0 aromatic heterocycles. The zero-order valence-corrected chi connectivity index (χ0v) is 13.6. The lowest BCUT2D eigenvalue weighted by Crippen LogP contribution is -2.26. The van der Waals surface area contributed by atoms with Gasteiger partial charge in [-0.2, -0.15) is 4.31 Å². The normalized spacial score (nSPS) is 11.8. The van der Waals surface area contributed by atoms with E-state index in [9.17, 15) is 8.42 Å². The molecule has 0 saturated heterocycles. The average Bonchev–Trinajstić information content (AvgIpc) is 2.37. The van der Waals surface area contributed by atoms with Crippen LogP contribution in [0.3, 0.4) is 0 Å². The van der Waals surface area contributed by atoms with E-state index < -0.39 is 10.0 Å². The highest BCUT2D eigenvalue weighted by Crippen LogP contribution is 2.25. The number of nitrogens with zero attached hydrogens (tertiary/aromatic N) is 1. The minimum absolute atomic E-state index is 0.0615. The first-order valence-electron chi connectivity index (χ1n) is 6.06. The van der Waals surface area contributed by atoms with Crippen LogP contribution in [0.1, 0.15) is 5.56 Å². The van der Waals surface area contributed by atoms with E-state index in [1.165, 1.54) is 29.6 Å². The van der Waals surface area contributed by atoms with Crippen LogP contribution in [0.4, 0.5) is 5.69 Å². The van der Waals surface area contributed by atoms with Gasteiger partial charge >= 0.3 is 0 Å². The molecule has 0 fully saturated rings. The van der Waals surface area contributed by atoms with Crippen molar-refractivity contribution in [3.8, 4) is 0 Å². The molecule has 0 saturated carbocycles. The van der Waals surface area contributed by atoms with Gasteiger partial charge in [-0.25, -0.2) is 8.42 Å². The number of nitrogen functional groups attached to an aromatic ring is 1. The lowest BCUT2D eigenvalue weighted by Gasteiger charge is -2.18. The van der Waals surface area contributed by atoms with Gasteiger partial charge in [0.15, 0.2) is 0 Å². The Kier molecular flexibility index (Phi) is 4.78. The fourth-order valence-electron chi connectivity index (χ4n) is 1.89. The highest BCUT2D eigenvalue weighted by Gasteiger charge is 2.22. The summed E-state index contributed by atoms with van der Waals surface area (Å²) in [7, 11) is -2.18. The van der Waals surface area contributed by atoms with Crippen molar-refractivity contribution in [2.45, 2.75) is 11.4 Å². The van der Waals surface area contributed by atoms with Crippen molar-refractivity contribution < 1.29 is 8.42 Å². The zero-order valence-electron chi connectivity index (χ0n) is 11.3. The number of benzene rings is 2. The molecule has 0 bridgehead atoms. The molecule has 0 radical (unpaired) electrons. The quantitative estimate of drug-likeness (QED) is 0.864. The van der Waals surface area contributed by atoms with E-state index in [0.29, 0.717) is 5.69 Å². The highest BCUT2D eigenvalue weighted by atomic mass is 35.5. The predicted octanol–water partition coefficient (Wildman–Crippen LogP) is 3.40. The van der Waals surface area contributed by atoms with E-state index in [1.54, 1.807) is 18.2 Å². The van der Waals surface area contributed by atoms with Gasteiger partial charge in [-0.05, 0) is 35.9 Å². The zero-order chi connectivity index (χ0) is 15.6. The van der Waals surface area contributed by atoms with Gasteiger partial charge in [0, 0.05) is 29.3 Å². The molecule has 21 heavy (non-hydrogen) atoms. The summed E-state index contributed by atoms with van der Waals surface area (Å²) in [5.41, 5.74) is 7.08. The Labute approximate surface area is 134 Å². The molecule has 0 heterocycles. The van der Waals surface area contributed by atoms with Gasteiger partial charge in [0.25, 0.3) is 0 Å². The summed E-state index contributed by atoms with van der Waals surface area (Å²) in [5.74, 6) is 0. The fourth-order valence-corrected chi connectivity index (χ4v) is 3.78. The molecule has 2 rings (SSSR count). The summed E-state index contributed by atoms with van der Waals surface area (Å²) in [6.45, 7) is 0.206. The van der Waals surface area contributed by atoms with E-state index >= 15 is 0 Å². The third-order valence-corrected chi connectivity index (χ3v) is 5.12. The van der Waals surface area contributed by atoms with Crippen molar-refractivity contribution in [3.05, 3.63) is 58.1 Å². The Morgan fingerprint density at radius 2 is 1.71 bits per heavy atom. The minimum Gasteiger partial charge on any atom is -0.399 e. The van der Waals surface area contributed by atoms with Gasteiger partial charge in [-0.15, -0.1) is 0 Å². The average molecular weight is 345 g/mol. The molecule has 112 valence electrons. The van der Waals surface area contributed by atoms with Crippen LogP contribution in [0.2, 0.25) is 10.0 Å².